The van der Waals surface area contributed by atoms with Crippen LogP contribution < -0.4 is 10.5 Å². The quantitative estimate of drug-likeness (QED) is 0.855. The first kappa shape index (κ1) is 17.3. The minimum absolute atomic E-state index is 0.305. The average Bonchev–Trinajstić information content (AvgIpc) is 2.93. The van der Waals surface area contributed by atoms with Crippen molar-refractivity contribution in [2.75, 3.05) is 27.2 Å². The van der Waals surface area contributed by atoms with Crippen molar-refractivity contribution >= 4 is 0 Å². The number of H-pyrrole nitrogens is 1. The number of alkyl halides is 3. The zero-order valence-electron chi connectivity index (χ0n) is 12.9. The largest absolute Gasteiger partial charge is 0.496 e. The Balaban J connectivity index is 2.43. The first-order valence-electron chi connectivity index (χ1n) is 7.03. The summed E-state index contributed by atoms with van der Waals surface area (Å²) in [5.74, 6) is 0.341. The van der Waals surface area contributed by atoms with E-state index in [1.165, 1.54) is 13.2 Å². The molecule has 0 radical (unpaired) electrons. The van der Waals surface area contributed by atoms with Crippen LogP contribution in [0.5, 0.6) is 5.75 Å². The van der Waals surface area contributed by atoms with Crippen molar-refractivity contribution < 1.29 is 17.9 Å². The molecule has 0 bridgehead atoms. The van der Waals surface area contributed by atoms with Gasteiger partial charge in [0.25, 0.3) is 0 Å². The van der Waals surface area contributed by atoms with Crippen LogP contribution >= 0.6 is 0 Å². The van der Waals surface area contributed by atoms with Crippen LogP contribution in [0, 0.1) is 0 Å². The van der Waals surface area contributed by atoms with Crippen molar-refractivity contribution in [1.82, 2.24) is 15.1 Å². The van der Waals surface area contributed by atoms with E-state index in [0.29, 0.717) is 36.6 Å². The number of aromatic nitrogens is 2. The zero-order valence-corrected chi connectivity index (χ0v) is 12.9. The summed E-state index contributed by atoms with van der Waals surface area (Å²) in [5, 5.41) is 6.81. The van der Waals surface area contributed by atoms with Gasteiger partial charge in [0, 0.05) is 37.0 Å². The fourth-order valence-corrected chi connectivity index (χ4v) is 2.33. The molecule has 8 heteroatoms. The van der Waals surface area contributed by atoms with Crippen LogP contribution in [0.1, 0.15) is 11.1 Å². The number of methoxy groups -OCH3 is 1. The van der Waals surface area contributed by atoms with Gasteiger partial charge in [0.05, 0.1) is 12.7 Å². The maximum absolute atomic E-state index is 13.0. The molecule has 1 aromatic heterocycles. The number of halogens is 3. The summed E-state index contributed by atoms with van der Waals surface area (Å²) < 4.78 is 44.1. The van der Waals surface area contributed by atoms with Gasteiger partial charge in [-0.05, 0) is 25.2 Å². The van der Waals surface area contributed by atoms with Crippen molar-refractivity contribution in [1.29, 1.82) is 0 Å². The summed E-state index contributed by atoms with van der Waals surface area (Å²) in [7, 11) is 3.30. The third-order valence-corrected chi connectivity index (χ3v) is 3.45. The second-order valence-corrected chi connectivity index (χ2v) is 5.20. The fourth-order valence-electron chi connectivity index (χ4n) is 2.33. The average molecular weight is 328 g/mol. The molecule has 0 aliphatic heterocycles. The van der Waals surface area contributed by atoms with Crippen molar-refractivity contribution in [3.63, 3.8) is 0 Å². The molecule has 0 saturated heterocycles. The van der Waals surface area contributed by atoms with E-state index in [1.807, 2.05) is 11.9 Å². The molecule has 0 unspecified atom stereocenters. The Kier molecular flexibility index (Phi) is 5.27. The molecule has 2 aromatic rings. The van der Waals surface area contributed by atoms with Crippen LogP contribution in [-0.2, 0) is 12.7 Å². The van der Waals surface area contributed by atoms with Crippen molar-refractivity contribution in [3.05, 3.63) is 35.5 Å². The topological polar surface area (TPSA) is 67.2 Å². The maximum atomic E-state index is 13.0. The predicted octanol–water partition coefficient (Wildman–Crippen LogP) is 2.49. The predicted molar refractivity (Wildman–Crippen MR) is 81.0 cm³/mol. The van der Waals surface area contributed by atoms with E-state index in [9.17, 15) is 13.2 Å². The molecule has 1 aromatic carbocycles. The van der Waals surface area contributed by atoms with Crippen LogP contribution in [0.4, 0.5) is 13.2 Å². The standard InChI is InChI=1S/C15H19F3N4O/c1-22(6-5-19)9-10-8-20-21-14(10)12-7-11(15(16,17)18)3-4-13(12)23-2/h3-4,7-8H,5-6,9,19H2,1-2H3,(H,20,21). The van der Waals surface area contributed by atoms with Gasteiger partial charge in [-0.2, -0.15) is 18.3 Å². The van der Waals surface area contributed by atoms with Crippen molar-refractivity contribution in [2.24, 2.45) is 5.73 Å². The monoisotopic (exact) mass is 328 g/mol. The summed E-state index contributed by atoms with van der Waals surface area (Å²) in [6.45, 7) is 1.68. The Bertz CT molecular complexity index is 654. The number of nitrogens with two attached hydrogens (primary N) is 1. The fraction of sp³-hybridized carbons (Fsp3) is 0.400. The molecule has 23 heavy (non-hydrogen) atoms. The Morgan fingerprint density at radius 1 is 1.35 bits per heavy atom. The maximum Gasteiger partial charge on any atom is 0.416 e. The smallest absolute Gasteiger partial charge is 0.416 e. The highest BCUT2D eigenvalue weighted by Gasteiger charge is 2.31. The zero-order chi connectivity index (χ0) is 17.0. The Labute approximate surface area is 132 Å². The lowest BCUT2D eigenvalue weighted by atomic mass is 10.0. The van der Waals surface area contributed by atoms with Gasteiger partial charge in [0.1, 0.15) is 11.4 Å². The number of rotatable bonds is 6. The Morgan fingerprint density at radius 3 is 2.70 bits per heavy atom. The number of nitrogens with one attached hydrogen (secondary N) is 1. The summed E-state index contributed by atoms with van der Waals surface area (Å²) in [6, 6.07) is 3.36. The number of ether oxygens (including phenoxy) is 1. The van der Waals surface area contributed by atoms with Crippen molar-refractivity contribution in [3.8, 4) is 17.0 Å². The molecule has 1 heterocycles. The van der Waals surface area contributed by atoms with Crippen LogP contribution in [0.2, 0.25) is 0 Å². The van der Waals surface area contributed by atoms with Gasteiger partial charge in [-0.25, -0.2) is 0 Å². The normalized spacial score (nSPS) is 12.0. The number of benzene rings is 1. The van der Waals surface area contributed by atoms with Crippen molar-refractivity contribution in [2.45, 2.75) is 12.7 Å². The lowest BCUT2D eigenvalue weighted by Crippen LogP contribution is -2.25. The number of likely N-dealkylation sites (N-methyl/N-ethyl adjacent to an activating group) is 1. The Morgan fingerprint density at radius 2 is 2.09 bits per heavy atom. The minimum Gasteiger partial charge on any atom is -0.496 e. The molecule has 126 valence electrons. The van der Waals surface area contributed by atoms with Gasteiger partial charge in [-0.1, -0.05) is 0 Å². The summed E-state index contributed by atoms with van der Waals surface area (Å²) in [5.41, 5.74) is 6.30. The lowest BCUT2D eigenvalue weighted by Gasteiger charge is -2.16. The number of hydrogen-bond donors (Lipinski definition) is 2. The molecule has 2 rings (SSSR count). The van der Waals surface area contributed by atoms with E-state index in [0.717, 1.165) is 17.7 Å². The van der Waals surface area contributed by atoms with Crippen LogP contribution in [0.15, 0.2) is 24.4 Å². The number of aromatic amines is 1. The number of hydrogen-bond acceptors (Lipinski definition) is 4. The summed E-state index contributed by atoms with van der Waals surface area (Å²) in [4.78, 5) is 1.97. The second kappa shape index (κ2) is 7.01. The molecule has 0 fully saturated rings. The van der Waals surface area contributed by atoms with Crippen LogP contribution in [-0.4, -0.2) is 42.3 Å². The third-order valence-electron chi connectivity index (χ3n) is 3.45. The molecule has 0 aliphatic rings. The highest BCUT2D eigenvalue weighted by Crippen LogP contribution is 2.37. The van der Waals surface area contributed by atoms with E-state index in [2.05, 4.69) is 10.2 Å². The van der Waals surface area contributed by atoms with E-state index in [4.69, 9.17) is 10.5 Å². The molecule has 0 atom stereocenters. The molecule has 0 saturated carbocycles. The van der Waals surface area contributed by atoms with Crippen LogP contribution in [0.3, 0.4) is 0 Å². The molecular formula is C15H19F3N4O. The highest BCUT2D eigenvalue weighted by molar-refractivity contribution is 5.70. The lowest BCUT2D eigenvalue weighted by molar-refractivity contribution is -0.137. The van der Waals surface area contributed by atoms with E-state index >= 15 is 0 Å². The SMILES string of the molecule is COc1ccc(C(F)(F)F)cc1-c1n[nH]cc1CN(C)CCN. The van der Waals surface area contributed by atoms with Gasteiger partial charge in [0.15, 0.2) is 0 Å². The van der Waals surface area contributed by atoms with Gasteiger partial charge in [-0.3, -0.25) is 5.10 Å². The molecule has 0 spiro atoms. The van der Waals surface area contributed by atoms with Gasteiger partial charge in [0.2, 0.25) is 0 Å². The molecule has 0 aliphatic carbocycles. The van der Waals surface area contributed by atoms with Crippen LogP contribution in [0.25, 0.3) is 11.3 Å². The molecular weight excluding hydrogens is 309 g/mol. The number of nitrogens with zero attached hydrogens (tertiary/aromatic N) is 2. The van der Waals surface area contributed by atoms with Gasteiger partial charge in [-0.15, -0.1) is 0 Å². The second-order valence-electron chi connectivity index (χ2n) is 5.20. The van der Waals surface area contributed by atoms with Gasteiger partial charge < -0.3 is 15.4 Å². The third kappa shape index (κ3) is 4.02. The summed E-state index contributed by atoms with van der Waals surface area (Å²) >= 11 is 0. The van der Waals surface area contributed by atoms with E-state index in [1.54, 1.807) is 6.20 Å². The summed E-state index contributed by atoms with van der Waals surface area (Å²) in [6.07, 6.45) is -2.75. The minimum atomic E-state index is -4.42. The molecule has 5 nitrogen and oxygen atoms in total. The molecule has 3 N–H and O–H groups in total. The highest BCUT2D eigenvalue weighted by atomic mass is 19.4. The van der Waals surface area contributed by atoms with Gasteiger partial charge >= 0.3 is 6.18 Å². The Hall–Kier alpha value is -2.06. The first-order valence-corrected chi connectivity index (χ1v) is 7.03. The van der Waals surface area contributed by atoms with E-state index in [-0.39, 0.29) is 0 Å². The van der Waals surface area contributed by atoms with E-state index < -0.39 is 11.7 Å². The molecule has 0 amide bonds. The first-order chi connectivity index (χ1) is 10.9.